The van der Waals surface area contributed by atoms with Crippen LogP contribution in [0.25, 0.3) is 5.70 Å². The van der Waals surface area contributed by atoms with E-state index in [0.717, 1.165) is 41.1 Å². The van der Waals surface area contributed by atoms with Gasteiger partial charge in [-0.15, -0.1) is 0 Å². The van der Waals surface area contributed by atoms with Crippen LogP contribution < -0.4 is 16.8 Å². The van der Waals surface area contributed by atoms with E-state index in [4.69, 9.17) is 21.2 Å². The van der Waals surface area contributed by atoms with Gasteiger partial charge in [0.2, 0.25) is 0 Å². The number of aliphatic imine (C=N–C) groups is 1. The molecule has 5 atom stereocenters. The molecule has 0 aromatic heterocycles. The Morgan fingerprint density at radius 3 is 2.62 bits per heavy atom. The van der Waals surface area contributed by atoms with Crippen LogP contribution in [0.2, 0.25) is 0 Å². The van der Waals surface area contributed by atoms with Gasteiger partial charge in [0.25, 0.3) is 0 Å². The highest BCUT2D eigenvalue weighted by atomic mass is 16.5. The summed E-state index contributed by atoms with van der Waals surface area (Å²) in [5.41, 5.74) is 21.8. The highest BCUT2D eigenvalue weighted by Crippen LogP contribution is 2.38. The molecule has 0 spiro atoms. The minimum absolute atomic E-state index is 0.133. The predicted octanol–water partition coefficient (Wildman–Crippen LogP) is 7.55. The van der Waals surface area contributed by atoms with E-state index in [-0.39, 0.29) is 12.0 Å². The fraction of sp³-hybridized carbons (Fsp3) is 0.171. The Kier molecular flexibility index (Phi) is 8.77. The molecule has 6 nitrogen and oxygen atoms in total. The maximum absolute atomic E-state index is 9.33. The van der Waals surface area contributed by atoms with Crippen molar-refractivity contribution in [2.24, 2.45) is 22.4 Å². The second kappa shape index (κ2) is 13.6. The summed E-state index contributed by atoms with van der Waals surface area (Å²) in [6.45, 7) is 0. The zero-order valence-corrected chi connectivity index (χ0v) is 26.0. The van der Waals surface area contributed by atoms with Crippen molar-refractivity contribution in [2.45, 2.75) is 37.3 Å². The van der Waals surface area contributed by atoms with Crippen LogP contribution >= 0.6 is 0 Å². The quantitative estimate of drug-likeness (QED) is 0.227. The van der Waals surface area contributed by atoms with E-state index < -0.39 is 12.5 Å². The lowest BCUT2D eigenvalue weighted by molar-refractivity contribution is -0.00846. The summed E-state index contributed by atoms with van der Waals surface area (Å²) in [6, 6.07) is 25.8. The van der Waals surface area contributed by atoms with Crippen LogP contribution in [-0.2, 0) is 4.74 Å². The molecule has 3 aromatic carbocycles. The average Bonchev–Trinajstić information content (AvgIpc) is 3.14. The molecule has 5 unspecified atom stereocenters. The van der Waals surface area contributed by atoms with E-state index in [1.54, 1.807) is 18.2 Å². The Hall–Kier alpha value is -5.32. The number of ether oxygens (including phenoxy) is 1. The molecule has 0 radical (unpaired) electrons. The van der Waals surface area contributed by atoms with Crippen LogP contribution in [0, 0.1) is 17.2 Å². The predicted molar refractivity (Wildman–Crippen MR) is 189 cm³/mol. The van der Waals surface area contributed by atoms with Gasteiger partial charge < -0.3 is 21.5 Å². The van der Waals surface area contributed by atoms with Crippen LogP contribution in [0.4, 0.5) is 0 Å². The van der Waals surface area contributed by atoms with Gasteiger partial charge in [-0.05, 0) is 59.4 Å². The molecule has 3 aromatic rings. The number of amidine groups is 1. The first-order valence-electron chi connectivity index (χ1n) is 16.1. The van der Waals surface area contributed by atoms with Gasteiger partial charge in [-0.2, -0.15) is 5.26 Å². The van der Waals surface area contributed by atoms with Crippen LogP contribution in [0.3, 0.4) is 0 Å². The summed E-state index contributed by atoms with van der Waals surface area (Å²) in [4.78, 5) is 5.26. The van der Waals surface area contributed by atoms with Crippen molar-refractivity contribution in [1.82, 2.24) is 5.32 Å². The van der Waals surface area contributed by atoms with Gasteiger partial charge in [0, 0.05) is 34.2 Å². The first-order chi connectivity index (χ1) is 23.1. The number of nitrogens with one attached hydrogen (secondary N) is 1. The van der Waals surface area contributed by atoms with Crippen molar-refractivity contribution < 1.29 is 4.74 Å². The number of fused-ring (bicyclic) bond motifs is 1. The maximum Gasteiger partial charge on any atom is 0.134 e. The Bertz CT molecular complexity index is 1970. The fourth-order valence-corrected chi connectivity index (χ4v) is 6.67. The molecule has 0 amide bonds. The number of nitriles is 1. The van der Waals surface area contributed by atoms with Crippen molar-refractivity contribution in [3.63, 3.8) is 0 Å². The second-order valence-electron chi connectivity index (χ2n) is 12.1. The molecule has 6 heteroatoms. The van der Waals surface area contributed by atoms with Crippen molar-refractivity contribution in [1.29, 1.82) is 5.26 Å². The highest BCUT2D eigenvalue weighted by Gasteiger charge is 2.27. The summed E-state index contributed by atoms with van der Waals surface area (Å²) in [7, 11) is 0. The number of hydrogen-bond acceptors (Lipinski definition) is 6. The van der Waals surface area contributed by atoms with Crippen LogP contribution in [0.15, 0.2) is 156 Å². The minimum Gasteiger partial charge on any atom is -0.340 e. The largest absolute Gasteiger partial charge is 0.340 e. The molecule has 0 saturated heterocycles. The highest BCUT2D eigenvalue weighted by molar-refractivity contribution is 6.05. The van der Waals surface area contributed by atoms with E-state index in [1.165, 1.54) is 16.7 Å². The first kappa shape index (κ1) is 30.3. The molecule has 7 rings (SSSR count). The van der Waals surface area contributed by atoms with Crippen LogP contribution in [0.1, 0.15) is 64.6 Å². The van der Waals surface area contributed by atoms with Gasteiger partial charge in [0.05, 0.1) is 17.7 Å². The molecule has 1 aliphatic heterocycles. The standard InChI is InChI=1S/C41H37N5O/c42-26-27-11-8-17-31(23-27)39(43)47-40(44)36-21-7-6-20-35(36)38-25-37(29-13-2-1-3-14-29)45-41(46-38)32-18-9-16-30(24-32)34-22-10-15-28-12-4-5-19-33(28)34/h1-2,4-13,15-25,33-34,37,39-40H,3,14,43-44H2,(H,45,46). The Labute approximate surface area is 276 Å². The molecule has 1 heterocycles. The topological polar surface area (TPSA) is 109 Å². The molecular formula is C41H37N5O. The fourth-order valence-electron chi connectivity index (χ4n) is 6.67. The SMILES string of the molecule is N#Cc1cccc(C(N)OC(N)c2ccccc2C2=CC(C3=CC=CCC3)N=C(c3cccc(C4C=CC=C5C=CC=CC54)c3)N2)c1. The van der Waals surface area contributed by atoms with Crippen LogP contribution in [0.5, 0.6) is 0 Å². The lowest BCUT2D eigenvalue weighted by Gasteiger charge is -2.29. The number of benzene rings is 3. The first-order valence-corrected chi connectivity index (χ1v) is 16.1. The molecule has 0 fully saturated rings. The van der Waals surface area contributed by atoms with Crippen molar-refractivity contribution in [3.05, 3.63) is 184 Å². The third-order valence-electron chi connectivity index (χ3n) is 9.11. The van der Waals surface area contributed by atoms with E-state index in [0.29, 0.717) is 17.0 Å². The summed E-state index contributed by atoms with van der Waals surface area (Å²) in [5, 5.41) is 13.0. The third-order valence-corrected chi connectivity index (χ3v) is 9.11. The molecular weight excluding hydrogens is 578 g/mol. The van der Waals surface area contributed by atoms with E-state index in [2.05, 4.69) is 109 Å². The number of rotatable bonds is 8. The average molecular weight is 616 g/mol. The third kappa shape index (κ3) is 6.51. The van der Waals surface area contributed by atoms with Gasteiger partial charge in [0.15, 0.2) is 0 Å². The lowest BCUT2D eigenvalue weighted by Crippen LogP contribution is -2.32. The molecule has 4 aliphatic rings. The molecule has 0 saturated carbocycles. The molecule has 5 N–H and O–H groups in total. The Balaban J connectivity index is 1.21. The van der Waals surface area contributed by atoms with Gasteiger partial charge in [-0.1, -0.05) is 115 Å². The smallest absolute Gasteiger partial charge is 0.134 e. The summed E-state index contributed by atoms with van der Waals surface area (Å²) >= 11 is 0. The van der Waals surface area contributed by atoms with E-state index in [9.17, 15) is 5.26 Å². The maximum atomic E-state index is 9.33. The molecule has 47 heavy (non-hydrogen) atoms. The molecule has 0 bridgehead atoms. The number of nitrogens with two attached hydrogens (primary N) is 2. The van der Waals surface area contributed by atoms with Gasteiger partial charge in [0.1, 0.15) is 18.3 Å². The van der Waals surface area contributed by atoms with Crippen LogP contribution in [-0.4, -0.2) is 11.9 Å². The summed E-state index contributed by atoms with van der Waals surface area (Å²) in [6.07, 6.45) is 24.4. The molecule has 3 aliphatic carbocycles. The number of hydrogen-bond donors (Lipinski definition) is 3. The monoisotopic (exact) mass is 615 g/mol. The normalized spacial score (nSPS) is 22.5. The Morgan fingerprint density at radius 1 is 0.872 bits per heavy atom. The van der Waals surface area contributed by atoms with Crippen molar-refractivity contribution in [2.75, 3.05) is 0 Å². The summed E-state index contributed by atoms with van der Waals surface area (Å²) in [5.74, 6) is 1.37. The van der Waals surface area contributed by atoms with E-state index in [1.807, 2.05) is 24.3 Å². The number of nitrogens with zero attached hydrogens (tertiary/aromatic N) is 2. The zero-order valence-electron chi connectivity index (χ0n) is 26.0. The molecule has 232 valence electrons. The van der Waals surface area contributed by atoms with Gasteiger partial charge in [-0.25, -0.2) is 0 Å². The van der Waals surface area contributed by atoms with Gasteiger partial charge >= 0.3 is 0 Å². The summed E-state index contributed by atoms with van der Waals surface area (Å²) < 4.78 is 6.15. The van der Waals surface area contributed by atoms with Crippen molar-refractivity contribution in [3.8, 4) is 6.07 Å². The van der Waals surface area contributed by atoms with Crippen molar-refractivity contribution >= 4 is 11.5 Å². The van der Waals surface area contributed by atoms with E-state index >= 15 is 0 Å². The lowest BCUT2D eigenvalue weighted by atomic mass is 9.76. The number of allylic oxidation sites excluding steroid dienone is 11. The minimum atomic E-state index is -0.812. The second-order valence-corrected chi connectivity index (χ2v) is 12.1. The Morgan fingerprint density at radius 2 is 1.74 bits per heavy atom. The zero-order chi connectivity index (χ0) is 32.2. The van der Waals surface area contributed by atoms with Gasteiger partial charge in [-0.3, -0.25) is 4.99 Å².